The molecule has 3 nitrogen and oxygen atoms in total. The van der Waals surface area contributed by atoms with E-state index in [2.05, 4.69) is 5.32 Å². The summed E-state index contributed by atoms with van der Waals surface area (Å²) in [6, 6.07) is 7.17. The van der Waals surface area contributed by atoms with Crippen molar-refractivity contribution in [2.75, 3.05) is 0 Å². The number of aliphatic hydroxyl groups excluding tert-OH is 2. The van der Waals surface area contributed by atoms with E-state index in [0.717, 1.165) is 5.56 Å². The fraction of sp³-hybridized carbons (Fsp3) is 0.125. The second-order valence-electron chi connectivity index (χ2n) is 2.48. The minimum atomic E-state index is -0.758. The molecule has 11 heavy (non-hydrogen) atoms. The topological polar surface area (TPSA) is 52.5 Å². The molecule has 0 spiro atoms. The Balaban J connectivity index is 2.52. The molecule has 1 radical (unpaired) electrons. The molecule has 2 rings (SSSR count). The number of fused-ring (bicyclic) bond motifs is 1. The molecule has 0 aromatic heterocycles. The molecule has 0 saturated carbocycles. The van der Waals surface area contributed by atoms with Gasteiger partial charge in [0.15, 0.2) is 6.23 Å². The number of hydrogen-bond acceptors (Lipinski definition) is 3. The van der Waals surface area contributed by atoms with Gasteiger partial charge >= 0.3 is 0 Å². The van der Waals surface area contributed by atoms with Gasteiger partial charge in [0.05, 0.1) is 0 Å². The van der Waals surface area contributed by atoms with Gasteiger partial charge < -0.3 is 10.2 Å². The predicted molar refractivity (Wildman–Crippen MR) is 38.8 cm³/mol. The summed E-state index contributed by atoms with van der Waals surface area (Å²) in [4.78, 5) is 0. The van der Waals surface area contributed by atoms with E-state index in [1.54, 1.807) is 12.1 Å². The van der Waals surface area contributed by atoms with Gasteiger partial charge in [-0.2, -0.15) is 0 Å². The van der Waals surface area contributed by atoms with Gasteiger partial charge in [0.1, 0.15) is 6.23 Å². The zero-order chi connectivity index (χ0) is 7.84. The maximum Gasteiger partial charge on any atom is 0.192 e. The Morgan fingerprint density at radius 2 is 2.00 bits per heavy atom. The second-order valence-corrected chi connectivity index (χ2v) is 2.48. The number of rotatable bonds is 0. The van der Waals surface area contributed by atoms with Crippen LogP contribution in [0.25, 0.3) is 0 Å². The molecule has 1 aliphatic rings. The molecule has 0 bridgehead atoms. The zero-order valence-corrected chi connectivity index (χ0v) is 5.78. The standard InChI is InChI=1S/C8H8NO2/c10-7-5-3-1-2-4-6(5)8(11)9-7/h1-4,7,9-11H. The lowest BCUT2D eigenvalue weighted by Gasteiger charge is -2.01. The molecule has 57 valence electrons. The molecule has 0 aliphatic carbocycles. The molecule has 1 atom stereocenters. The first kappa shape index (κ1) is 6.79. The minimum Gasteiger partial charge on any atom is -0.374 e. The van der Waals surface area contributed by atoms with Crippen molar-refractivity contribution in [2.24, 2.45) is 0 Å². The Bertz CT molecular complexity index is 248. The Kier molecular flexibility index (Phi) is 1.42. The van der Waals surface area contributed by atoms with Crippen molar-refractivity contribution in [3.63, 3.8) is 0 Å². The maximum absolute atomic E-state index is 9.26. The van der Waals surface area contributed by atoms with E-state index in [1.807, 2.05) is 12.1 Å². The summed E-state index contributed by atoms with van der Waals surface area (Å²) in [7, 11) is 0. The highest BCUT2D eigenvalue weighted by atomic mass is 16.3. The van der Waals surface area contributed by atoms with Crippen molar-refractivity contribution in [1.82, 2.24) is 5.32 Å². The summed E-state index contributed by atoms with van der Waals surface area (Å²) < 4.78 is 0. The van der Waals surface area contributed by atoms with Crippen LogP contribution in [0, 0.1) is 6.23 Å². The molecule has 0 saturated heterocycles. The average molecular weight is 150 g/mol. The van der Waals surface area contributed by atoms with Crippen LogP contribution in [-0.2, 0) is 0 Å². The Hall–Kier alpha value is -0.900. The molecule has 3 heteroatoms. The molecular formula is C8H8NO2. The van der Waals surface area contributed by atoms with E-state index in [4.69, 9.17) is 0 Å². The van der Waals surface area contributed by atoms with Gasteiger partial charge in [0.2, 0.25) is 0 Å². The summed E-state index contributed by atoms with van der Waals surface area (Å²) in [5.74, 6) is 0. The van der Waals surface area contributed by atoms with E-state index in [0.29, 0.717) is 5.56 Å². The first-order chi connectivity index (χ1) is 5.29. The number of hydrogen-bond donors (Lipinski definition) is 3. The molecule has 1 heterocycles. The lowest BCUT2D eigenvalue weighted by Crippen LogP contribution is -2.16. The van der Waals surface area contributed by atoms with Crippen molar-refractivity contribution in [2.45, 2.75) is 6.23 Å². The SMILES string of the molecule is O[C]1NC(O)c2ccccc21. The number of benzene rings is 1. The molecule has 0 fully saturated rings. The molecule has 3 N–H and O–H groups in total. The Morgan fingerprint density at radius 1 is 1.27 bits per heavy atom. The van der Waals surface area contributed by atoms with Crippen molar-refractivity contribution >= 4 is 0 Å². The molecule has 1 aliphatic heterocycles. The summed E-state index contributed by atoms with van der Waals surface area (Å²) >= 11 is 0. The van der Waals surface area contributed by atoms with Crippen molar-refractivity contribution in [1.29, 1.82) is 0 Å². The second kappa shape index (κ2) is 2.30. The molecule has 1 unspecified atom stereocenters. The fourth-order valence-electron chi connectivity index (χ4n) is 1.24. The van der Waals surface area contributed by atoms with Crippen LogP contribution in [0.15, 0.2) is 24.3 Å². The lowest BCUT2D eigenvalue weighted by atomic mass is 10.1. The van der Waals surface area contributed by atoms with Crippen LogP contribution in [0.1, 0.15) is 17.4 Å². The highest BCUT2D eigenvalue weighted by Crippen LogP contribution is 2.28. The van der Waals surface area contributed by atoms with E-state index in [-0.39, 0.29) is 6.23 Å². The van der Waals surface area contributed by atoms with E-state index >= 15 is 0 Å². The maximum atomic E-state index is 9.26. The monoisotopic (exact) mass is 150 g/mol. The van der Waals surface area contributed by atoms with Gasteiger partial charge in [-0.05, 0) is 0 Å². The normalized spacial score (nSPS) is 23.6. The third-order valence-electron chi connectivity index (χ3n) is 1.78. The van der Waals surface area contributed by atoms with Crippen LogP contribution in [0.5, 0.6) is 0 Å². The molecule has 0 amide bonds. The van der Waals surface area contributed by atoms with Crippen LogP contribution < -0.4 is 5.32 Å². The van der Waals surface area contributed by atoms with Gasteiger partial charge in [-0.3, -0.25) is 5.32 Å². The summed E-state index contributed by atoms with van der Waals surface area (Å²) in [6.07, 6.45) is -0.709. The smallest absolute Gasteiger partial charge is 0.192 e. The quantitative estimate of drug-likeness (QED) is 0.504. The molecular weight excluding hydrogens is 142 g/mol. The Labute approximate surface area is 64.3 Å². The third kappa shape index (κ3) is 0.939. The fourth-order valence-corrected chi connectivity index (χ4v) is 1.24. The first-order valence-corrected chi connectivity index (χ1v) is 3.39. The van der Waals surface area contributed by atoms with Crippen molar-refractivity contribution in [3.05, 3.63) is 41.6 Å². The van der Waals surface area contributed by atoms with E-state index in [9.17, 15) is 10.2 Å². The van der Waals surface area contributed by atoms with E-state index in [1.165, 1.54) is 0 Å². The lowest BCUT2D eigenvalue weighted by molar-refractivity contribution is 0.129. The molecule has 1 aromatic rings. The first-order valence-electron chi connectivity index (χ1n) is 3.39. The largest absolute Gasteiger partial charge is 0.374 e. The summed E-state index contributed by atoms with van der Waals surface area (Å²) in [5, 5.41) is 21.0. The van der Waals surface area contributed by atoms with Crippen LogP contribution in [0.4, 0.5) is 0 Å². The highest BCUT2D eigenvalue weighted by Gasteiger charge is 2.27. The highest BCUT2D eigenvalue weighted by molar-refractivity contribution is 5.40. The van der Waals surface area contributed by atoms with Gasteiger partial charge in [-0.15, -0.1) is 0 Å². The number of aliphatic hydroxyl groups is 2. The van der Waals surface area contributed by atoms with E-state index < -0.39 is 6.23 Å². The van der Waals surface area contributed by atoms with Gasteiger partial charge in [0.25, 0.3) is 0 Å². The van der Waals surface area contributed by atoms with Crippen molar-refractivity contribution in [3.8, 4) is 0 Å². The minimum absolute atomic E-state index is 0.0492. The van der Waals surface area contributed by atoms with Crippen LogP contribution in [0.2, 0.25) is 0 Å². The third-order valence-corrected chi connectivity index (χ3v) is 1.78. The predicted octanol–water partition coefficient (Wildman–Crippen LogP) is 0.491. The van der Waals surface area contributed by atoms with Crippen molar-refractivity contribution < 1.29 is 10.2 Å². The van der Waals surface area contributed by atoms with Crippen LogP contribution >= 0.6 is 0 Å². The van der Waals surface area contributed by atoms with Gasteiger partial charge in [0, 0.05) is 11.1 Å². The van der Waals surface area contributed by atoms with Crippen LogP contribution in [0.3, 0.4) is 0 Å². The summed E-state index contributed by atoms with van der Waals surface area (Å²) in [5.41, 5.74) is 1.41. The molecule has 1 aromatic carbocycles. The number of nitrogens with one attached hydrogen (secondary N) is 1. The van der Waals surface area contributed by atoms with Crippen LogP contribution in [-0.4, -0.2) is 10.2 Å². The summed E-state index contributed by atoms with van der Waals surface area (Å²) in [6.45, 7) is 0. The van der Waals surface area contributed by atoms with Gasteiger partial charge in [-0.1, -0.05) is 24.3 Å². The zero-order valence-electron chi connectivity index (χ0n) is 5.78. The average Bonchev–Trinajstić information content (AvgIpc) is 2.30. The van der Waals surface area contributed by atoms with Gasteiger partial charge in [-0.25, -0.2) is 0 Å². The Morgan fingerprint density at radius 3 is 2.73 bits per heavy atom.